The molecule has 0 spiro atoms. The van der Waals surface area contributed by atoms with E-state index in [1.54, 1.807) is 7.11 Å². The quantitative estimate of drug-likeness (QED) is 0.578. The van der Waals surface area contributed by atoms with Gasteiger partial charge in [0.15, 0.2) is 0 Å². The van der Waals surface area contributed by atoms with E-state index in [-0.39, 0.29) is 12.4 Å². The van der Waals surface area contributed by atoms with Crippen LogP contribution in [0.4, 0.5) is 5.69 Å². The van der Waals surface area contributed by atoms with Crippen molar-refractivity contribution in [1.29, 1.82) is 0 Å². The Morgan fingerprint density at radius 2 is 1.77 bits per heavy atom. The molecule has 6 heteroatoms. The Kier molecular flexibility index (Phi) is 7.51. The molecule has 162 valence electrons. The molecule has 2 heterocycles. The van der Waals surface area contributed by atoms with Crippen LogP contribution in [-0.4, -0.2) is 56.3 Å². The lowest BCUT2D eigenvalue weighted by Crippen LogP contribution is -2.47. The molecule has 1 aliphatic rings. The van der Waals surface area contributed by atoms with Crippen molar-refractivity contribution in [3.05, 3.63) is 54.2 Å². The maximum atomic E-state index is 6.24. The average Bonchev–Trinajstić information content (AvgIpc) is 3.21. The summed E-state index contributed by atoms with van der Waals surface area (Å²) in [6, 6.07) is 14.8. The number of piperazine rings is 1. The fraction of sp³-hybridized carbons (Fsp3) is 0.417. The normalized spacial score (nSPS) is 14.7. The average molecular weight is 430 g/mol. The monoisotopic (exact) mass is 429 g/mol. The molecule has 0 radical (unpaired) electrons. The second-order valence-electron chi connectivity index (χ2n) is 7.96. The van der Waals surface area contributed by atoms with Gasteiger partial charge in [-0.2, -0.15) is 0 Å². The molecule has 1 aromatic heterocycles. The van der Waals surface area contributed by atoms with Crippen LogP contribution in [0.15, 0.2) is 48.7 Å². The second-order valence-corrected chi connectivity index (χ2v) is 7.96. The molecular formula is C24H32ClN3O2. The number of anilines is 1. The lowest BCUT2D eigenvalue weighted by Gasteiger charge is -2.36. The summed E-state index contributed by atoms with van der Waals surface area (Å²) in [6.45, 7) is 10.2. The molecule has 0 bridgehead atoms. The van der Waals surface area contributed by atoms with Crippen LogP contribution >= 0.6 is 12.4 Å². The topological polar surface area (TPSA) is 40.7 Å². The Morgan fingerprint density at radius 1 is 1.00 bits per heavy atom. The summed E-state index contributed by atoms with van der Waals surface area (Å²) >= 11 is 0. The molecule has 0 atom stereocenters. The molecule has 1 saturated heterocycles. The molecule has 0 aliphatic carbocycles. The van der Waals surface area contributed by atoms with Gasteiger partial charge in [0.1, 0.15) is 18.1 Å². The van der Waals surface area contributed by atoms with E-state index in [0.29, 0.717) is 12.5 Å². The molecule has 1 N–H and O–H groups in total. The van der Waals surface area contributed by atoms with Gasteiger partial charge >= 0.3 is 0 Å². The first kappa shape index (κ1) is 22.3. The Balaban J connectivity index is 0.00000256. The summed E-state index contributed by atoms with van der Waals surface area (Å²) < 4.78 is 11.8. The molecule has 2 aromatic carbocycles. The molecular weight excluding hydrogens is 398 g/mol. The number of aromatic nitrogens is 1. The van der Waals surface area contributed by atoms with Crippen molar-refractivity contribution in [2.24, 2.45) is 0 Å². The molecule has 1 fully saturated rings. The number of para-hydroxylation sites is 2. The van der Waals surface area contributed by atoms with Crippen molar-refractivity contribution in [2.75, 3.05) is 51.3 Å². The van der Waals surface area contributed by atoms with Crippen molar-refractivity contribution in [1.82, 2.24) is 9.88 Å². The first-order chi connectivity index (χ1) is 14.2. The second kappa shape index (κ2) is 10.1. The predicted octanol–water partition coefficient (Wildman–Crippen LogP) is 4.92. The first-order valence-corrected chi connectivity index (χ1v) is 10.5. The number of ether oxygens (including phenoxy) is 2. The molecule has 5 nitrogen and oxygen atoms in total. The molecule has 30 heavy (non-hydrogen) atoms. The third-order valence-electron chi connectivity index (χ3n) is 5.77. The standard InChI is InChI=1S/C24H31N3O2.ClH/c1-18(2)20-17-21-19(8-9-25-21)16-24(20)29-15-14-26-10-12-27(13-11-26)22-6-4-5-7-23(22)28-3;/h4-9,16-18,25H,10-15H2,1-3H3;1H. The van der Waals surface area contributed by atoms with E-state index < -0.39 is 0 Å². The van der Waals surface area contributed by atoms with Gasteiger partial charge in [-0.1, -0.05) is 26.0 Å². The van der Waals surface area contributed by atoms with Crippen LogP contribution in [0.3, 0.4) is 0 Å². The number of methoxy groups -OCH3 is 1. The van der Waals surface area contributed by atoms with E-state index in [1.165, 1.54) is 22.2 Å². The predicted molar refractivity (Wildman–Crippen MR) is 127 cm³/mol. The smallest absolute Gasteiger partial charge is 0.142 e. The lowest BCUT2D eigenvalue weighted by atomic mass is 10.0. The number of hydrogen-bond donors (Lipinski definition) is 1. The van der Waals surface area contributed by atoms with Crippen LogP contribution in [0.1, 0.15) is 25.3 Å². The van der Waals surface area contributed by atoms with Crippen LogP contribution < -0.4 is 14.4 Å². The SMILES string of the molecule is COc1ccccc1N1CCN(CCOc2cc3cc[nH]c3cc2C(C)C)CC1.Cl. The van der Waals surface area contributed by atoms with Crippen LogP contribution in [-0.2, 0) is 0 Å². The van der Waals surface area contributed by atoms with Crippen molar-refractivity contribution in [3.63, 3.8) is 0 Å². The van der Waals surface area contributed by atoms with Crippen molar-refractivity contribution >= 4 is 29.0 Å². The fourth-order valence-corrected chi connectivity index (χ4v) is 4.06. The number of hydrogen-bond acceptors (Lipinski definition) is 4. The summed E-state index contributed by atoms with van der Waals surface area (Å²) in [6.07, 6.45) is 1.99. The van der Waals surface area contributed by atoms with Gasteiger partial charge in [-0.05, 0) is 41.8 Å². The van der Waals surface area contributed by atoms with Crippen LogP contribution in [0.5, 0.6) is 11.5 Å². The summed E-state index contributed by atoms with van der Waals surface area (Å²) in [7, 11) is 1.74. The van der Waals surface area contributed by atoms with Gasteiger partial charge in [0, 0.05) is 49.8 Å². The van der Waals surface area contributed by atoms with Crippen LogP contribution in [0.2, 0.25) is 0 Å². The molecule has 1 aliphatic heterocycles. The summed E-state index contributed by atoms with van der Waals surface area (Å²) in [4.78, 5) is 8.19. The molecule has 3 aromatic rings. The highest BCUT2D eigenvalue weighted by Gasteiger charge is 2.19. The number of H-pyrrole nitrogens is 1. The number of halogens is 1. The maximum Gasteiger partial charge on any atom is 0.142 e. The highest BCUT2D eigenvalue weighted by Crippen LogP contribution is 2.31. The number of nitrogens with zero attached hydrogens (tertiary/aromatic N) is 2. The van der Waals surface area contributed by atoms with E-state index >= 15 is 0 Å². The largest absolute Gasteiger partial charge is 0.495 e. The number of benzene rings is 2. The van der Waals surface area contributed by atoms with Crippen molar-refractivity contribution in [3.8, 4) is 11.5 Å². The minimum atomic E-state index is 0. The van der Waals surface area contributed by atoms with Crippen molar-refractivity contribution in [2.45, 2.75) is 19.8 Å². The zero-order valence-electron chi connectivity index (χ0n) is 18.1. The molecule has 4 rings (SSSR count). The molecule has 0 saturated carbocycles. The fourth-order valence-electron chi connectivity index (χ4n) is 4.06. The Hall–Kier alpha value is -2.37. The van der Waals surface area contributed by atoms with E-state index in [4.69, 9.17) is 9.47 Å². The highest BCUT2D eigenvalue weighted by atomic mass is 35.5. The Morgan fingerprint density at radius 3 is 2.50 bits per heavy atom. The van der Waals surface area contributed by atoms with Gasteiger partial charge < -0.3 is 19.4 Å². The molecule has 0 unspecified atom stereocenters. The van der Waals surface area contributed by atoms with Crippen molar-refractivity contribution < 1.29 is 9.47 Å². The van der Waals surface area contributed by atoms with Gasteiger partial charge in [-0.15, -0.1) is 12.4 Å². The summed E-state index contributed by atoms with van der Waals surface area (Å²) in [5, 5.41) is 1.20. The lowest BCUT2D eigenvalue weighted by molar-refractivity contribution is 0.199. The van der Waals surface area contributed by atoms with E-state index in [1.807, 2.05) is 18.3 Å². The van der Waals surface area contributed by atoms with E-state index in [2.05, 4.69) is 59.0 Å². The summed E-state index contributed by atoms with van der Waals surface area (Å²) in [5.74, 6) is 2.40. The van der Waals surface area contributed by atoms with Crippen LogP contribution in [0, 0.1) is 0 Å². The highest BCUT2D eigenvalue weighted by molar-refractivity contribution is 5.85. The van der Waals surface area contributed by atoms with E-state index in [0.717, 1.165) is 44.2 Å². The number of aromatic amines is 1. The third kappa shape index (κ3) is 4.85. The number of rotatable bonds is 7. The van der Waals surface area contributed by atoms with Gasteiger partial charge in [0.25, 0.3) is 0 Å². The first-order valence-electron chi connectivity index (χ1n) is 10.5. The Labute approximate surface area is 185 Å². The molecule has 0 amide bonds. The summed E-state index contributed by atoms with van der Waals surface area (Å²) in [5.41, 5.74) is 3.63. The minimum Gasteiger partial charge on any atom is -0.495 e. The van der Waals surface area contributed by atoms with Gasteiger partial charge in [-0.25, -0.2) is 0 Å². The maximum absolute atomic E-state index is 6.24. The van der Waals surface area contributed by atoms with Gasteiger partial charge in [0.05, 0.1) is 12.8 Å². The number of nitrogens with one attached hydrogen (secondary N) is 1. The zero-order valence-corrected chi connectivity index (χ0v) is 18.9. The Bertz CT molecular complexity index is 949. The minimum absolute atomic E-state index is 0. The zero-order chi connectivity index (χ0) is 20.2. The number of fused-ring (bicyclic) bond motifs is 1. The van der Waals surface area contributed by atoms with Gasteiger partial charge in [-0.3, -0.25) is 4.90 Å². The van der Waals surface area contributed by atoms with Crippen LogP contribution in [0.25, 0.3) is 10.9 Å². The van der Waals surface area contributed by atoms with E-state index in [9.17, 15) is 0 Å². The van der Waals surface area contributed by atoms with Gasteiger partial charge in [0.2, 0.25) is 0 Å². The third-order valence-corrected chi connectivity index (χ3v) is 5.77.